The first kappa shape index (κ1) is 11.2. The predicted molar refractivity (Wildman–Crippen MR) is 57.0 cm³/mol. The van der Waals surface area contributed by atoms with E-state index < -0.39 is 0 Å². The quantitative estimate of drug-likeness (QED) is 0.616. The van der Waals surface area contributed by atoms with Gasteiger partial charge in [0, 0.05) is 6.20 Å². The Morgan fingerprint density at radius 2 is 2.36 bits per heavy atom. The summed E-state index contributed by atoms with van der Waals surface area (Å²) in [6, 6.07) is 1.83. The van der Waals surface area contributed by atoms with Crippen molar-refractivity contribution in [2.45, 2.75) is 20.3 Å². The second-order valence-electron chi connectivity index (χ2n) is 2.87. The molecule has 0 radical (unpaired) electrons. The lowest BCUT2D eigenvalue weighted by atomic mass is 10.1. The van der Waals surface area contributed by atoms with Crippen LogP contribution in [0.25, 0.3) is 0 Å². The molecule has 0 spiro atoms. The number of carbonyl (C=O) groups is 1. The van der Waals surface area contributed by atoms with Gasteiger partial charge in [-0.3, -0.25) is 4.79 Å². The highest BCUT2D eigenvalue weighted by Crippen LogP contribution is 2.17. The molecule has 0 aliphatic heterocycles. The van der Waals surface area contributed by atoms with Crippen LogP contribution in [0.2, 0.25) is 0 Å². The zero-order valence-corrected chi connectivity index (χ0v) is 9.80. The number of hydrogen-bond acceptors (Lipinski definition) is 3. The third-order valence-electron chi connectivity index (χ3n) is 1.89. The van der Waals surface area contributed by atoms with Crippen LogP contribution in [0.5, 0.6) is 0 Å². The molecule has 0 aliphatic carbocycles. The summed E-state index contributed by atoms with van der Waals surface area (Å²) < 4.78 is 5.64. The first-order valence-corrected chi connectivity index (χ1v) is 5.20. The molecule has 0 aliphatic rings. The van der Waals surface area contributed by atoms with Gasteiger partial charge in [-0.05, 0) is 47.0 Å². The normalized spacial score (nSPS) is 9.93. The second kappa shape index (κ2) is 5.10. The fourth-order valence-electron chi connectivity index (χ4n) is 1.11. The molecule has 0 amide bonds. The molecule has 0 N–H and O–H groups in total. The van der Waals surface area contributed by atoms with Gasteiger partial charge in [-0.1, -0.05) is 0 Å². The maximum absolute atomic E-state index is 11.2. The highest BCUT2D eigenvalue weighted by molar-refractivity contribution is 9.10. The predicted octanol–water partition coefficient (Wildman–Crippen LogP) is 2.26. The molecular formula is C10H12BrNO2. The van der Waals surface area contributed by atoms with Crippen LogP contribution in [0, 0.1) is 6.92 Å². The summed E-state index contributed by atoms with van der Waals surface area (Å²) in [6.45, 7) is 4.14. The van der Waals surface area contributed by atoms with Crippen LogP contribution >= 0.6 is 15.9 Å². The van der Waals surface area contributed by atoms with E-state index in [0.29, 0.717) is 13.0 Å². The van der Waals surface area contributed by atoms with Gasteiger partial charge in [-0.15, -0.1) is 0 Å². The zero-order chi connectivity index (χ0) is 10.6. The molecule has 3 nitrogen and oxygen atoms in total. The number of hydrogen-bond donors (Lipinski definition) is 0. The Morgan fingerprint density at radius 3 is 3.00 bits per heavy atom. The highest BCUT2D eigenvalue weighted by atomic mass is 79.9. The Hall–Kier alpha value is -0.900. The van der Waals surface area contributed by atoms with E-state index in [1.165, 1.54) is 0 Å². The highest BCUT2D eigenvalue weighted by Gasteiger charge is 2.08. The molecule has 1 aromatic rings. The monoisotopic (exact) mass is 257 g/mol. The molecule has 14 heavy (non-hydrogen) atoms. The van der Waals surface area contributed by atoms with E-state index in [1.54, 1.807) is 13.1 Å². The average molecular weight is 258 g/mol. The third-order valence-corrected chi connectivity index (χ3v) is 2.69. The van der Waals surface area contributed by atoms with Crippen molar-refractivity contribution in [1.82, 2.24) is 4.98 Å². The summed E-state index contributed by atoms with van der Waals surface area (Å²) in [5.74, 6) is -0.200. The Morgan fingerprint density at radius 1 is 1.64 bits per heavy atom. The van der Waals surface area contributed by atoms with Crippen LogP contribution < -0.4 is 0 Å². The minimum absolute atomic E-state index is 0.200. The number of rotatable bonds is 3. The number of ether oxygens (including phenoxy) is 1. The van der Waals surface area contributed by atoms with Gasteiger partial charge >= 0.3 is 5.97 Å². The summed E-state index contributed by atoms with van der Waals surface area (Å²) in [7, 11) is 0. The van der Waals surface area contributed by atoms with Crippen LogP contribution in [0.15, 0.2) is 16.9 Å². The van der Waals surface area contributed by atoms with Crippen LogP contribution in [-0.2, 0) is 16.0 Å². The largest absolute Gasteiger partial charge is 0.466 e. The van der Waals surface area contributed by atoms with Crippen LogP contribution in [-0.4, -0.2) is 17.6 Å². The van der Waals surface area contributed by atoms with Crippen molar-refractivity contribution in [3.05, 3.63) is 28.0 Å². The lowest BCUT2D eigenvalue weighted by Gasteiger charge is -2.05. The summed E-state index contributed by atoms with van der Waals surface area (Å²) in [4.78, 5) is 15.3. The molecule has 1 rings (SSSR count). The van der Waals surface area contributed by atoms with Crippen molar-refractivity contribution in [1.29, 1.82) is 0 Å². The molecule has 0 aromatic carbocycles. The zero-order valence-electron chi connectivity index (χ0n) is 8.21. The minimum atomic E-state index is -0.200. The van der Waals surface area contributed by atoms with Crippen molar-refractivity contribution in [3.63, 3.8) is 0 Å². The smallest absolute Gasteiger partial charge is 0.310 e. The lowest BCUT2D eigenvalue weighted by molar-refractivity contribution is -0.142. The fourth-order valence-corrected chi connectivity index (χ4v) is 1.48. The van der Waals surface area contributed by atoms with E-state index in [9.17, 15) is 4.79 Å². The van der Waals surface area contributed by atoms with E-state index >= 15 is 0 Å². The van der Waals surface area contributed by atoms with Gasteiger partial charge in [0.05, 0.1) is 13.0 Å². The molecule has 0 saturated heterocycles. The van der Waals surface area contributed by atoms with Crippen LogP contribution in [0.1, 0.15) is 18.1 Å². The Labute approximate surface area is 91.6 Å². The van der Waals surface area contributed by atoms with Gasteiger partial charge in [-0.25, -0.2) is 4.98 Å². The molecule has 0 fully saturated rings. The summed E-state index contributed by atoms with van der Waals surface area (Å²) >= 11 is 3.31. The van der Waals surface area contributed by atoms with E-state index in [-0.39, 0.29) is 5.97 Å². The molecule has 1 heterocycles. The molecule has 76 valence electrons. The number of nitrogens with zero attached hydrogens (tertiary/aromatic N) is 1. The average Bonchev–Trinajstić information content (AvgIpc) is 2.13. The van der Waals surface area contributed by atoms with E-state index in [1.807, 2.05) is 13.0 Å². The SMILES string of the molecule is CCOC(=O)Cc1ccnc(Br)c1C. The molecule has 0 bridgehead atoms. The number of esters is 1. The van der Waals surface area contributed by atoms with Crippen molar-refractivity contribution >= 4 is 21.9 Å². The number of carbonyl (C=O) groups excluding carboxylic acids is 1. The Bertz CT molecular complexity index is 339. The summed E-state index contributed by atoms with van der Waals surface area (Å²) in [5, 5.41) is 0. The molecular weight excluding hydrogens is 246 g/mol. The number of pyridine rings is 1. The molecule has 0 atom stereocenters. The van der Waals surface area contributed by atoms with Gasteiger partial charge in [0.15, 0.2) is 0 Å². The van der Waals surface area contributed by atoms with Gasteiger partial charge in [0.2, 0.25) is 0 Å². The number of halogens is 1. The van der Waals surface area contributed by atoms with Gasteiger partial charge in [-0.2, -0.15) is 0 Å². The molecule has 4 heteroatoms. The summed E-state index contributed by atoms with van der Waals surface area (Å²) in [5.41, 5.74) is 1.94. The minimum Gasteiger partial charge on any atom is -0.466 e. The Balaban J connectivity index is 2.76. The van der Waals surface area contributed by atoms with Gasteiger partial charge in [0.25, 0.3) is 0 Å². The van der Waals surface area contributed by atoms with Crippen LogP contribution in [0.3, 0.4) is 0 Å². The summed E-state index contributed by atoms with van der Waals surface area (Å²) in [6.07, 6.45) is 1.98. The molecule has 1 aromatic heterocycles. The van der Waals surface area contributed by atoms with Crippen LogP contribution in [0.4, 0.5) is 0 Å². The van der Waals surface area contributed by atoms with E-state index in [0.717, 1.165) is 15.7 Å². The van der Waals surface area contributed by atoms with Crippen molar-refractivity contribution < 1.29 is 9.53 Å². The Kier molecular flexibility index (Phi) is 4.07. The van der Waals surface area contributed by atoms with Crippen molar-refractivity contribution in [3.8, 4) is 0 Å². The third kappa shape index (κ3) is 2.80. The van der Waals surface area contributed by atoms with Crippen molar-refractivity contribution in [2.24, 2.45) is 0 Å². The lowest BCUT2D eigenvalue weighted by Crippen LogP contribution is -2.08. The second-order valence-corrected chi connectivity index (χ2v) is 3.62. The van der Waals surface area contributed by atoms with Crippen molar-refractivity contribution in [2.75, 3.05) is 6.61 Å². The first-order valence-electron chi connectivity index (χ1n) is 4.40. The van der Waals surface area contributed by atoms with E-state index in [2.05, 4.69) is 20.9 Å². The topological polar surface area (TPSA) is 39.2 Å². The first-order chi connectivity index (χ1) is 6.65. The maximum atomic E-state index is 11.2. The standard InChI is InChI=1S/C10H12BrNO2/c1-3-14-9(13)6-8-4-5-12-10(11)7(8)2/h4-5H,3,6H2,1-2H3. The van der Waals surface area contributed by atoms with Gasteiger partial charge in [0.1, 0.15) is 4.60 Å². The maximum Gasteiger partial charge on any atom is 0.310 e. The van der Waals surface area contributed by atoms with E-state index in [4.69, 9.17) is 4.74 Å². The molecule has 0 unspecified atom stereocenters. The van der Waals surface area contributed by atoms with Gasteiger partial charge < -0.3 is 4.74 Å². The fraction of sp³-hybridized carbons (Fsp3) is 0.400. The molecule has 0 saturated carbocycles. The number of aromatic nitrogens is 1.